The minimum atomic E-state index is -3.58. The van der Waals surface area contributed by atoms with Crippen molar-refractivity contribution >= 4 is 27.5 Å². The number of carbonyl (C=O) groups is 1. The summed E-state index contributed by atoms with van der Waals surface area (Å²) in [6, 6.07) is 12.9. The SMILES string of the molecule is O=C1O[C@@H](Cn2ccnn2)CN1c1ccc(N2CCN(S(=O)(=O)c3ccccc3)CC2)c(F)c1. The topological polar surface area (TPSA) is 101 Å². The molecule has 12 heteroatoms. The van der Waals surface area contributed by atoms with Gasteiger partial charge in [-0.25, -0.2) is 22.3 Å². The average Bonchev–Trinajstić information content (AvgIpc) is 3.49. The number of anilines is 2. The summed E-state index contributed by atoms with van der Waals surface area (Å²) in [4.78, 5) is 15.8. The first-order chi connectivity index (χ1) is 16.4. The van der Waals surface area contributed by atoms with E-state index in [2.05, 4.69) is 10.3 Å². The number of hydrogen-bond acceptors (Lipinski definition) is 7. The second kappa shape index (κ2) is 9.03. The van der Waals surface area contributed by atoms with Crippen molar-refractivity contribution in [3.8, 4) is 0 Å². The number of cyclic esters (lactones) is 1. The third-order valence-corrected chi connectivity index (χ3v) is 7.85. The van der Waals surface area contributed by atoms with Crippen LogP contribution in [0.25, 0.3) is 0 Å². The first-order valence-corrected chi connectivity index (χ1v) is 12.3. The van der Waals surface area contributed by atoms with Gasteiger partial charge >= 0.3 is 6.09 Å². The first kappa shape index (κ1) is 22.3. The highest BCUT2D eigenvalue weighted by Gasteiger charge is 2.34. The average molecular weight is 487 g/mol. The minimum Gasteiger partial charge on any atom is -0.442 e. The fraction of sp³-hybridized carbons (Fsp3) is 0.318. The molecule has 1 atom stereocenters. The smallest absolute Gasteiger partial charge is 0.414 e. The zero-order valence-corrected chi connectivity index (χ0v) is 19.0. The van der Waals surface area contributed by atoms with Crippen molar-refractivity contribution < 1.29 is 22.3 Å². The van der Waals surface area contributed by atoms with Crippen molar-refractivity contribution in [3.05, 3.63) is 66.7 Å². The lowest BCUT2D eigenvalue weighted by atomic mass is 10.2. The summed E-state index contributed by atoms with van der Waals surface area (Å²) >= 11 is 0. The maximum atomic E-state index is 15.0. The minimum absolute atomic E-state index is 0.249. The third kappa shape index (κ3) is 4.33. The summed E-state index contributed by atoms with van der Waals surface area (Å²) < 4.78 is 49.0. The quantitative estimate of drug-likeness (QED) is 0.525. The van der Waals surface area contributed by atoms with Crippen LogP contribution in [0.5, 0.6) is 0 Å². The van der Waals surface area contributed by atoms with Crippen LogP contribution < -0.4 is 9.80 Å². The van der Waals surface area contributed by atoms with Gasteiger partial charge in [0.15, 0.2) is 0 Å². The molecular weight excluding hydrogens is 463 g/mol. The van der Waals surface area contributed by atoms with E-state index in [9.17, 15) is 13.2 Å². The van der Waals surface area contributed by atoms with E-state index in [1.807, 2.05) is 4.90 Å². The second-order valence-electron chi connectivity index (χ2n) is 8.08. The Morgan fingerprint density at radius 2 is 1.82 bits per heavy atom. The summed E-state index contributed by atoms with van der Waals surface area (Å²) in [5.74, 6) is -0.482. The monoisotopic (exact) mass is 486 g/mol. The van der Waals surface area contributed by atoms with Gasteiger partial charge in [0.25, 0.3) is 0 Å². The maximum Gasteiger partial charge on any atom is 0.414 e. The largest absolute Gasteiger partial charge is 0.442 e. The molecule has 1 aromatic heterocycles. The van der Waals surface area contributed by atoms with Crippen LogP contribution in [0.1, 0.15) is 0 Å². The van der Waals surface area contributed by atoms with Crippen molar-refractivity contribution in [2.45, 2.75) is 17.5 Å². The van der Waals surface area contributed by atoms with Crippen LogP contribution in [0, 0.1) is 5.82 Å². The van der Waals surface area contributed by atoms with Crippen LogP contribution >= 0.6 is 0 Å². The van der Waals surface area contributed by atoms with E-state index in [1.165, 1.54) is 15.3 Å². The van der Waals surface area contributed by atoms with Gasteiger partial charge in [-0.15, -0.1) is 5.10 Å². The molecule has 3 aromatic rings. The number of carbonyl (C=O) groups excluding carboxylic acids is 1. The molecule has 178 valence electrons. The van der Waals surface area contributed by atoms with Gasteiger partial charge < -0.3 is 9.64 Å². The van der Waals surface area contributed by atoms with Gasteiger partial charge in [-0.05, 0) is 30.3 Å². The molecule has 0 bridgehead atoms. The van der Waals surface area contributed by atoms with Crippen LogP contribution in [0.2, 0.25) is 0 Å². The highest BCUT2D eigenvalue weighted by Crippen LogP contribution is 2.29. The van der Waals surface area contributed by atoms with Gasteiger partial charge in [-0.3, -0.25) is 4.90 Å². The number of rotatable bonds is 6. The standard InChI is InChI=1S/C22H23FN6O4S/c23-20-14-17(29-16-18(33-22(29)30)15-27-9-8-24-25-27)6-7-21(20)26-10-12-28(13-11-26)34(31,32)19-4-2-1-3-5-19/h1-9,14,18H,10-13,15-16H2/t18-/m0/s1. The number of sulfonamides is 1. The van der Waals surface area contributed by atoms with E-state index >= 15 is 4.39 Å². The van der Waals surface area contributed by atoms with Gasteiger partial charge in [0.2, 0.25) is 10.0 Å². The van der Waals surface area contributed by atoms with E-state index in [1.54, 1.807) is 59.5 Å². The molecule has 2 aliphatic heterocycles. The Morgan fingerprint density at radius 3 is 2.50 bits per heavy atom. The number of nitrogens with zero attached hydrogens (tertiary/aromatic N) is 6. The Kier molecular flexibility index (Phi) is 5.92. The molecular formula is C22H23FN6O4S. The van der Waals surface area contributed by atoms with E-state index in [-0.39, 0.29) is 24.5 Å². The number of piperazine rings is 1. The number of halogens is 1. The van der Waals surface area contributed by atoms with E-state index < -0.39 is 28.0 Å². The summed E-state index contributed by atoms with van der Waals surface area (Å²) in [5.41, 5.74) is 0.768. The molecule has 1 amide bonds. The fourth-order valence-electron chi connectivity index (χ4n) is 4.20. The van der Waals surface area contributed by atoms with E-state index in [4.69, 9.17) is 4.74 Å². The van der Waals surface area contributed by atoms with Gasteiger partial charge in [-0.1, -0.05) is 23.4 Å². The van der Waals surface area contributed by atoms with Crippen molar-refractivity contribution in [1.82, 2.24) is 19.3 Å². The molecule has 0 radical (unpaired) electrons. The third-order valence-electron chi connectivity index (χ3n) is 5.94. The summed E-state index contributed by atoms with van der Waals surface area (Å²) in [6.45, 7) is 1.84. The van der Waals surface area contributed by atoms with Gasteiger partial charge in [0, 0.05) is 32.4 Å². The van der Waals surface area contributed by atoms with Gasteiger partial charge in [0.1, 0.15) is 11.9 Å². The predicted octanol–water partition coefficient (Wildman–Crippen LogP) is 1.95. The van der Waals surface area contributed by atoms with Crippen LogP contribution in [0.3, 0.4) is 0 Å². The molecule has 0 spiro atoms. The lowest BCUT2D eigenvalue weighted by molar-refractivity contribution is 0.129. The molecule has 5 rings (SSSR count). The number of aromatic nitrogens is 3. The Labute approximate surface area is 196 Å². The molecule has 0 N–H and O–H groups in total. The van der Waals surface area contributed by atoms with Gasteiger partial charge in [0.05, 0.1) is 35.6 Å². The van der Waals surface area contributed by atoms with Crippen LogP contribution in [0.4, 0.5) is 20.6 Å². The van der Waals surface area contributed by atoms with Crippen molar-refractivity contribution in [2.24, 2.45) is 0 Å². The lowest BCUT2D eigenvalue weighted by Gasteiger charge is -2.35. The molecule has 0 aliphatic carbocycles. The van der Waals surface area contributed by atoms with E-state index in [0.29, 0.717) is 31.0 Å². The van der Waals surface area contributed by atoms with Crippen LogP contribution in [-0.2, 0) is 21.3 Å². The summed E-state index contributed by atoms with van der Waals surface area (Å²) in [7, 11) is -3.58. The van der Waals surface area contributed by atoms with Crippen LogP contribution in [-0.4, -0.2) is 72.6 Å². The molecule has 2 saturated heterocycles. The Bertz CT molecular complexity index is 1260. The Morgan fingerprint density at radius 1 is 1.06 bits per heavy atom. The van der Waals surface area contributed by atoms with Crippen molar-refractivity contribution in [2.75, 3.05) is 42.5 Å². The van der Waals surface area contributed by atoms with Crippen molar-refractivity contribution in [1.29, 1.82) is 0 Å². The number of hydrogen-bond donors (Lipinski definition) is 0. The molecule has 3 heterocycles. The zero-order valence-electron chi connectivity index (χ0n) is 18.2. The normalized spacial score (nSPS) is 19.4. The maximum absolute atomic E-state index is 15.0. The number of amides is 1. The summed E-state index contributed by atoms with van der Waals surface area (Å²) in [6.07, 6.45) is 2.25. The van der Waals surface area contributed by atoms with E-state index in [0.717, 1.165) is 0 Å². The fourth-order valence-corrected chi connectivity index (χ4v) is 5.64. The molecule has 2 fully saturated rings. The first-order valence-electron chi connectivity index (χ1n) is 10.8. The lowest BCUT2D eigenvalue weighted by Crippen LogP contribution is -2.48. The van der Waals surface area contributed by atoms with Crippen molar-refractivity contribution in [3.63, 3.8) is 0 Å². The molecule has 34 heavy (non-hydrogen) atoms. The molecule has 0 saturated carbocycles. The number of benzene rings is 2. The molecule has 2 aliphatic rings. The molecule has 10 nitrogen and oxygen atoms in total. The zero-order chi connectivity index (χ0) is 23.7. The van der Waals surface area contributed by atoms with Gasteiger partial charge in [-0.2, -0.15) is 4.31 Å². The molecule has 0 unspecified atom stereocenters. The Hall–Kier alpha value is -3.51. The van der Waals surface area contributed by atoms with Crippen LogP contribution in [0.15, 0.2) is 65.8 Å². The molecule has 2 aromatic carbocycles. The highest BCUT2D eigenvalue weighted by atomic mass is 32.2. The number of ether oxygens (including phenoxy) is 1. The second-order valence-corrected chi connectivity index (χ2v) is 10.0. The predicted molar refractivity (Wildman–Crippen MR) is 121 cm³/mol. The summed E-state index contributed by atoms with van der Waals surface area (Å²) in [5, 5.41) is 7.60. The Balaban J connectivity index is 1.24. The highest BCUT2D eigenvalue weighted by molar-refractivity contribution is 7.89.